The number of hydrogen-bond donors (Lipinski definition) is 4. The van der Waals surface area contributed by atoms with E-state index >= 15 is 0 Å². The van der Waals surface area contributed by atoms with Crippen LogP contribution in [0.25, 0.3) is 0 Å². The van der Waals surface area contributed by atoms with Gasteiger partial charge in [0.15, 0.2) is 6.10 Å². The van der Waals surface area contributed by atoms with Gasteiger partial charge in [-0.25, -0.2) is 4.57 Å². The van der Waals surface area contributed by atoms with Crippen molar-refractivity contribution in [1.29, 1.82) is 0 Å². The molecular formula is C47H85O11P. The first-order chi connectivity index (χ1) is 28.6. The Balaban J connectivity index is 4.33. The number of phosphoric acid groups is 1. The average Bonchev–Trinajstić information content (AvgIpc) is 3.21. The van der Waals surface area contributed by atoms with Crippen LogP contribution in [0.2, 0.25) is 0 Å². The van der Waals surface area contributed by atoms with Crippen molar-refractivity contribution >= 4 is 19.8 Å². The molecule has 0 saturated heterocycles. The molecular weight excluding hydrogens is 771 g/mol. The summed E-state index contributed by atoms with van der Waals surface area (Å²) in [6.07, 6.45) is 42.4. The number of carbonyl (C=O) groups is 2. The van der Waals surface area contributed by atoms with Gasteiger partial charge in [0.1, 0.15) is 12.7 Å². The van der Waals surface area contributed by atoms with Crippen LogP contribution in [-0.4, -0.2) is 77.4 Å². The normalized spacial score (nSPS) is 14.3. The predicted octanol–water partition coefficient (Wildman–Crippen LogP) is 11.3. The zero-order valence-corrected chi connectivity index (χ0v) is 38.0. The number of aliphatic hydroxyl groups is 3. The molecule has 0 aromatic carbocycles. The van der Waals surface area contributed by atoms with Gasteiger partial charge in [-0.3, -0.25) is 18.6 Å². The fraction of sp³-hybridized carbons (Fsp3) is 0.787. The first-order valence-corrected chi connectivity index (χ1v) is 24.6. The number of rotatable bonds is 43. The van der Waals surface area contributed by atoms with Crippen molar-refractivity contribution in [2.24, 2.45) is 5.92 Å². The van der Waals surface area contributed by atoms with Gasteiger partial charge < -0.3 is 29.7 Å². The molecule has 1 unspecified atom stereocenters. The van der Waals surface area contributed by atoms with Gasteiger partial charge in [0, 0.05) is 19.4 Å². The Bertz CT molecular complexity index is 1140. The maximum atomic E-state index is 12.6. The molecule has 344 valence electrons. The molecule has 0 saturated carbocycles. The lowest BCUT2D eigenvalue weighted by Crippen LogP contribution is -2.29. The second kappa shape index (κ2) is 42.6. The summed E-state index contributed by atoms with van der Waals surface area (Å²) in [6, 6.07) is 0. The highest BCUT2D eigenvalue weighted by atomic mass is 31.2. The van der Waals surface area contributed by atoms with Gasteiger partial charge in [-0.15, -0.1) is 0 Å². The Morgan fingerprint density at radius 2 is 0.983 bits per heavy atom. The summed E-state index contributed by atoms with van der Waals surface area (Å²) < 4.78 is 32.7. The standard InChI is InChI=1S/C47H85O11P/c1-43(2)35-31-27-23-19-15-11-7-6-9-12-16-20-24-28-32-36-46(51)55-41-45(42-57-59(53,54)56-40-44(50)39-49)58-47(52)37-33-29-25-21-17-13-8-4-3-5-10-14-18-22-26-30-34-38-48/h3,5,8,13-14,18,21,25,43-45,48-50H,4,6-7,9-12,15-17,19-20,22-24,26-42H2,1-2H3,(H,53,54)/b5-3-,13-8-,18-14-,25-21-/t44-,45+/m0/s1. The van der Waals surface area contributed by atoms with E-state index in [1.807, 2.05) is 12.2 Å². The Morgan fingerprint density at radius 3 is 1.49 bits per heavy atom. The minimum atomic E-state index is -4.64. The fourth-order valence-electron chi connectivity index (χ4n) is 6.15. The van der Waals surface area contributed by atoms with Crippen molar-refractivity contribution < 1.29 is 52.9 Å². The van der Waals surface area contributed by atoms with Crippen LogP contribution in [0.4, 0.5) is 0 Å². The topological polar surface area (TPSA) is 169 Å². The molecule has 0 radical (unpaired) electrons. The molecule has 0 aliphatic heterocycles. The van der Waals surface area contributed by atoms with Crippen molar-refractivity contribution in [3.8, 4) is 0 Å². The van der Waals surface area contributed by atoms with Crippen molar-refractivity contribution in [3.63, 3.8) is 0 Å². The highest BCUT2D eigenvalue weighted by Crippen LogP contribution is 2.43. The van der Waals surface area contributed by atoms with E-state index in [1.165, 1.54) is 77.0 Å². The van der Waals surface area contributed by atoms with Crippen LogP contribution in [0.1, 0.15) is 187 Å². The van der Waals surface area contributed by atoms with Crippen LogP contribution in [-0.2, 0) is 32.7 Å². The van der Waals surface area contributed by atoms with Gasteiger partial charge in [0.05, 0.1) is 19.8 Å². The summed E-state index contributed by atoms with van der Waals surface area (Å²) in [5.74, 6) is -0.176. The van der Waals surface area contributed by atoms with E-state index in [-0.39, 0.29) is 26.1 Å². The third-order valence-electron chi connectivity index (χ3n) is 9.72. The molecule has 12 heteroatoms. The number of esters is 2. The Hall–Kier alpha value is -2.11. The van der Waals surface area contributed by atoms with E-state index in [1.54, 1.807) is 0 Å². The number of carbonyl (C=O) groups excluding carboxylic acids is 2. The number of aliphatic hydroxyl groups excluding tert-OH is 3. The summed E-state index contributed by atoms with van der Waals surface area (Å²) in [5.41, 5.74) is 0. The lowest BCUT2D eigenvalue weighted by atomic mass is 10.0. The molecule has 0 aliphatic carbocycles. The molecule has 11 nitrogen and oxygen atoms in total. The highest BCUT2D eigenvalue weighted by Gasteiger charge is 2.27. The fourth-order valence-corrected chi connectivity index (χ4v) is 6.94. The summed E-state index contributed by atoms with van der Waals surface area (Å²) in [6.45, 7) is 2.67. The highest BCUT2D eigenvalue weighted by molar-refractivity contribution is 7.47. The lowest BCUT2D eigenvalue weighted by Gasteiger charge is -2.20. The number of ether oxygens (including phenoxy) is 2. The van der Waals surface area contributed by atoms with Crippen LogP contribution in [0.5, 0.6) is 0 Å². The smallest absolute Gasteiger partial charge is 0.462 e. The molecule has 0 spiro atoms. The second-order valence-electron chi connectivity index (χ2n) is 16.0. The summed E-state index contributed by atoms with van der Waals surface area (Å²) in [7, 11) is -4.64. The van der Waals surface area contributed by atoms with Gasteiger partial charge in [0.25, 0.3) is 0 Å². The van der Waals surface area contributed by atoms with Crippen LogP contribution in [0.3, 0.4) is 0 Å². The zero-order valence-electron chi connectivity index (χ0n) is 37.1. The van der Waals surface area contributed by atoms with Crippen LogP contribution < -0.4 is 0 Å². The van der Waals surface area contributed by atoms with E-state index in [0.29, 0.717) is 19.3 Å². The first kappa shape index (κ1) is 56.9. The van der Waals surface area contributed by atoms with Crippen LogP contribution in [0.15, 0.2) is 48.6 Å². The number of unbranched alkanes of at least 4 members (excludes halogenated alkanes) is 18. The minimum Gasteiger partial charge on any atom is -0.462 e. The molecule has 0 fully saturated rings. The molecule has 59 heavy (non-hydrogen) atoms. The summed E-state index contributed by atoms with van der Waals surface area (Å²) >= 11 is 0. The van der Waals surface area contributed by atoms with Crippen molar-refractivity contribution in [2.45, 2.75) is 199 Å². The maximum absolute atomic E-state index is 12.6. The average molecular weight is 857 g/mol. The molecule has 0 aromatic heterocycles. The zero-order chi connectivity index (χ0) is 43.5. The molecule has 0 rings (SSSR count). The van der Waals surface area contributed by atoms with Gasteiger partial charge >= 0.3 is 19.8 Å². The van der Waals surface area contributed by atoms with Gasteiger partial charge in [-0.1, -0.05) is 165 Å². The third kappa shape index (κ3) is 43.8. The van der Waals surface area contributed by atoms with E-state index < -0.39 is 51.8 Å². The second-order valence-corrected chi connectivity index (χ2v) is 17.4. The van der Waals surface area contributed by atoms with Gasteiger partial charge in [-0.2, -0.15) is 0 Å². The largest absolute Gasteiger partial charge is 0.472 e. The van der Waals surface area contributed by atoms with E-state index in [4.69, 9.17) is 24.2 Å². The molecule has 4 N–H and O–H groups in total. The molecule has 0 aliphatic rings. The SMILES string of the molecule is CC(C)CCCCCCCCCCCCCCCCCC(=O)OC[C@H](COP(=O)(O)OC[C@@H](O)CO)OC(=O)CCC/C=C\C/C=C\C/C=C\C/C=C\CCCCCO. The molecule has 0 heterocycles. The number of allylic oxidation sites excluding steroid dienone is 8. The third-order valence-corrected chi connectivity index (χ3v) is 10.7. The number of phosphoric ester groups is 1. The van der Waals surface area contributed by atoms with E-state index in [2.05, 4.69) is 54.8 Å². The molecule has 3 atom stereocenters. The Morgan fingerprint density at radius 1 is 0.542 bits per heavy atom. The molecule has 0 amide bonds. The van der Waals surface area contributed by atoms with Crippen LogP contribution >= 0.6 is 7.82 Å². The minimum absolute atomic E-state index is 0.0985. The van der Waals surface area contributed by atoms with Gasteiger partial charge in [0.2, 0.25) is 0 Å². The van der Waals surface area contributed by atoms with Crippen molar-refractivity contribution in [1.82, 2.24) is 0 Å². The predicted molar refractivity (Wildman–Crippen MR) is 239 cm³/mol. The monoisotopic (exact) mass is 857 g/mol. The molecule has 0 bridgehead atoms. The summed E-state index contributed by atoms with van der Waals surface area (Å²) in [5, 5.41) is 27.1. The number of hydrogen-bond acceptors (Lipinski definition) is 10. The van der Waals surface area contributed by atoms with Gasteiger partial charge in [-0.05, 0) is 63.7 Å². The quantitative estimate of drug-likeness (QED) is 0.0199. The Kier molecular flexibility index (Phi) is 41.1. The Labute approximate surface area is 358 Å². The maximum Gasteiger partial charge on any atom is 0.472 e. The lowest BCUT2D eigenvalue weighted by molar-refractivity contribution is -0.161. The van der Waals surface area contributed by atoms with Crippen LogP contribution in [0, 0.1) is 5.92 Å². The first-order valence-electron chi connectivity index (χ1n) is 23.1. The van der Waals surface area contributed by atoms with E-state index in [9.17, 15) is 24.2 Å². The van der Waals surface area contributed by atoms with E-state index in [0.717, 1.165) is 70.1 Å². The van der Waals surface area contributed by atoms with Crippen molar-refractivity contribution in [3.05, 3.63) is 48.6 Å². The van der Waals surface area contributed by atoms with Crippen molar-refractivity contribution in [2.75, 3.05) is 33.0 Å². The molecule has 0 aromatic rings. The summed E-state index contributed by atoms with van der Waals surface area (Å²) in [4.78, 5) is 35.0.